The van der Waals surface area contributed by atoms with E-state index in [1.165, 1.54) is 10.4 Å². The first-order chi connectivity index (χ1) is 11.7. The lowest BCUT2D eigenvalue weighted by atomic mass is 10.1. The van der Waals surface area contributed by atoms with Gasteiger partial charge in [-0.25, -0.2) is 0 Å². The molecule has 0 bridgehead atoms. The molecule has 0 radical (unpaired) electrons. The molecule has 2 aromatic heterocycles. The van der Waals surface area contributed by atoms with Crippen molar-refractivity contribution < 1.29 is 4.79 Å². The van der Waals surface area contributed by atoms with Crippen molar-refractivity contribution in [3.8, 4) is 5.00 Å². The fourth-order valence-corrected chi connectivity index (χ4v) is 5.82. The Bertz CT molecular complexity index is 887. The van der Waals surface area contributed by atoms with E-state index in [9.17, 15) is 4.79 Å². The molecule has 1 amide bonds. The highest BCUT2D eigenvalue weighted by molar-refractivity contribution is 14.1. The molecule has 0 atom stereocenters. The van der Waals surface area contributed by atoms with Crippen molar-refractivity contribution in [2.75, 3.05) is 11.1 Å². The number of carbonyl (C=O) groups is 1. The van der Waals surface area contributed by atoms with Crippen molar-refractivity contribution in [2.24, 2.45) is 0 Å². The number of thiophene rings is 1. The van der Waals surface area contributed by atoms with Crippen LogP contribution in [0.5, 0.6) is 0 Å². The van der Waals surface area contributed by atoms with E-state index in [1.807, 2.05) is 60.6 Å². The first-order valence-electron chi connectivity index (χ1n) is 7.65. The normalized spacial score (nSPS) is 13.5. The van der Waals surface area contributed by atoms with Crippen LogP contribution < -0.4 is 5.32 Å². The number of fused-ring (bicyclic) bond motifs is 1. The first-order valence-corrected chi connectivity index (χ1v) is 10.7. The zero-order chi connectivity index (χ0) is 16.5. The molecule has 0 aliphatic carbocycles. The van der Waals surface area contributed by atoms with Crippen molar-refractivity contribution in [2.45, 2.75) is 12.2 Å². The van der Waals surface area contributed by atoms with Crippen molar-refractivity contribution in [1.82, 2.24) is 4.57 Å². The molecule has 0 fully saturated rings. The summed E-state index contributed by atoms with van der Waals surface area (Å²) < 4.78 is 3.10. The van der Waals surface area contributed by atoms with Crippen LogP contribution in [0.3, 0.4) is 0 Å². The summed E-state index contributed by atoms with van der Waals surface area (Å²) in [5.41, 5.74) is 2.93. The maximum absolute atomic E-state index is 13.1. The van der Waals surface area contributed by atoms with Crippen molar-refractivity contribution in [1.29, 1.82) is 0 Å². The Hall–Kier alpha value is -1.25. The molecule has 4 rings (SSSR count). The molecule has 3 heterocycles. The molecule has 24 heavy (non-hydrogen) atoms. The van der Waals surface area contributed by atoms with Gasteiger partial charge in [-0.2, -0.15) is 11.8 Å². The largest absolute Gasteiger partial charge is 0.321 e. The summed E-state index contributed by atoms with van der Waals surface area (Å²) in [7, 11) is 0. The molecule has 122 valence electrons. The van der Waals surface area contributed by atoms with Crippen LogP contribution in [-0.4, -0.2) is 16.2 Å². The Morgan fingerprint density at radius 3 is 2.75 bits per heavy atom. The van der Waals surface area contributed by atoms with Crippen molar-refractivity contribution >= 4 is 57.3 Å². The van der Waals surface area contributed by atoms with Gasteiger partial charge in [0.25, 0.3) is 5.91 Å². The monoisotopic (exact) mass is 466 g/mol. The number of halogens is 1. The molecule has 0 saturated heterocycles. The number of benzene rings is 1. The quantitative estimate of drug-likeness (QED) is 0.540. The predicted molar refractivity (Wildman–Crippen MR) is 111 cm³/mol. The second-order valence-electron chi connectivity index (χ2n) is 5.51. The number of anilines is 1. The number of thioether (sulfide) groups is 1. The summed E-state index contributed by atoms with van der Waals surface area (Å²) in [6.07, 6.45) is 4.98. The Balaban J connectivity index is 1.77. The molecule has 1 N–H and O–H groups in total. The summed E-state index contributed by atoms with van der Waals surface area (Å²) in [6.45, 7) is 0. The second kappa shape index (κ2) is 6.93. The van der Waals surface area contributed by atoms with Gasteiger partial charge in [-0.1, -0.05) is 12.1 Å². The minimum absolute atomic E-state index is 0.00721. The fourth-order valence-electron chi connectivity index (χ4n) is 2.85. The lowest BCUT2D eigenvalue weighted by Crippen LogP contribution is -2.17. The highest BCUT2D eigenvalue weighted by atomic mass is 127. The number of hydrogen-bond acceptors (Lipinski definition) is 3. The Morgan fingerprint density at radius 1 is 1.17 bits per heavy atom. The SMILES string of the molecule is O=C(Nc1ccccc1I)c1c(-n2cccc2)sc2c1CCSC2. The van der Waals surface area contributed by atoms with Gasteiger partial charge in [0.1, 0.15) is 5.00 Å². The Labute approximate surface area is 162 Å². The van der Waals surface area contributed by atoms with Gasteiger partial charge in [0, 0.05) is 26.6 Å². The molecule has 3 nitrogen and oxygen atoms in total. The highest BCUT2D eigenvalue weighted by Crippen LogP contribution is 2.38. The minimum atomic E-state index is -0.00721. The topological polar surface area (TPSA) is 34.0 Å². The van der Waals surface area contributed by atoms with Crippen LogP contribution in [0.4, 0.5) is 5.69 Å². The van der Waals surface area contributed by atoms with Crippen LogP contribution in [0.25, 0.3) is 5.00 Å². The molecule has 1 aromatic carbocycles. The third-order valence-electron chi connectivity index (χ3n) is 3.99. The van der Waals surface area contributed by atoms with E-state index in [1.54, 1.807) is 11.3 Å². The van der Waals surface area contributed by atoms with E-state index in [2.05, 4.69) is 32.5 Å². The number of amides is 1. The van der Waals surface area contributed by atoms with E-state index in [0.29, 0.717) is 0 Å². The van der Waals surface area contributed by atoms with Crippen LogP contribution in [0.2, 0.25) is 0 Å². The number of carbonyl (C=O) groups excluding carboxylic acids is 1. The summed E-state index contributed by atoms with van der Waals surface area (Å²) in [4.78, 5) is 14.4. The number of aromatic nitrogens is 1. The second-order valence-corrected chi connectivity index (χ2v) is 8.86. The number of nitrogens with zero attached hydrogens (tertiary/aromatic N) is 1. The smallest absolute Gasteiger partial charge is 0.259 e. The Morgan fingerprint density at radius 2 is 1.96 bits per heavy atom. The molecule has 0 unspecified atom stereocenters. The average Bonchev–Trinajstić information content (AvgIpc) is 3.23. The maximum atomic E-state index is 13.1. The van der Waals surface area contributed by atoms with E-state index < -0.39 is 0 Å². The van der Waals surface area contributed by atoms with Gasteiger partial charge in [-0.05, 0) is 64.6 Å². The molecule has 1 aliphatic rings. The molecular formula is C18H15IN2OS2. The lowest BCUT2D eigenvalue weighted by molar-refractivity contribution is 0.102. The van der Waals surface area contributed by atoms with E-state index in [0.717, 1.165) is 37.7 Å². The van der Waals surface area contributed by atoms with Crippen LogP contribution in [0.1, 0.15) is 20.8 Å². The van der Waals surface area contributed by atoms with Crippen LogP contribution in [0, 0.1) is 3.57 Å². The average molecular weight is 466 g/mol. The number of rotatable bonds is 3. The summed E-state index contributed by atoms with van der Waals surface area (Å²) >= 11 is 5.94. The molecule has 0 saturated carbocycles. The summed E-state index contributed by atoms with van der Waals surface area (Å²) in [6, 6.07) is 11.9. The van der Waals surface area contributed by atoms with Crippen molar-refractivity contribution in [3.05, 3.63) is 68.4 Å². The molecule has 3 aromatic rings. The van der Waals surface area contributed by atoms with E-state index in [4.69, 9.17) is 0 Å². The van der Waals surface area contributed by atoms with Gasteiger partial charge in [0.2, 0.25) is 0 Å². The zero-order valence-corrected chi connectivity index (χ0v) is 16.6. The van der Waals surface area contributed by atoms with Gasteiger partial charge in [0.15, 0.2) is 0 Å². The van der Waals surface area contributed by atoms with Gasteiger partial charge < -0.3 is 9.88 Å². The summed E-state index contributed by atoms with van der Waals surface area (Å²) in [5, 5.41) is 4.13. The van der Waals surface area contributed by atoms with E-state index >= 15 is 0 Å². The third kappa shape index (κ3) is 3.02. The van der Waals surface area contributed by atoms with Gasteiger partial charge in [0.05, 0.1) is 11.3 Å². The summed E-state index contributed by atoms with van der Waals surface area (Å²) in [5.74, 6) is 2.08. The lowest BCUT2D eigenvalue weighted by Gasteiger charge is -2.13. The van der Waals surface area contributed by atoms with Gasteiger partial charge >= 0.3 is 0 Å². The van der Waals surface area contributed by atoms with Gasteiger partial charge in [-0.3, -0.25) is 4.79 Å². The predicted octanol–water partition coefficient (Wildman–Crippen LogP) is 5.19. The van der Waals surface area contributed by atoms with Crippen LogP contribution >= 0.6 is 45.7 Å². The fraction of sp³-hybridized carbons (Fsp3) is 0.167. The maximum Gasteiger partial charge on any atom is 0.259 e. The number of nitrogens with one attached hydrogen (secondary N) is 1. The molecule has 0 spiro atoms. The Kier molecular flexibility index (Phi) is 4.69. The minimum Gasteiger partial charge on any atom is -0.321 e. The van der Waals surface area contributed by atoms with E-state index in [-0.39, 0.29) is 5.91 Å². The van der Waals surface area contributed by atoms with Crippen LogP contribution in [0.15, 0.2) is 48.8 Å². The standard InChI is InChI=1S/C18H15IN2OS2/c19-13-5-1-2-6-14(13)20-17(22)16-12-7-10-23-11-15(12)24-18(16)21-8-3-4-9-21/h1-6,8-9H,7,10-11H2,(H,20,22). The molecular weight excluding hydrogens is 451 g/mol. The zero-order valence-electron chi connectivity index (χ0n) is 12.8. The van der Waals surface area contributed by atoms with Crippen LogP contribution in [-0.2, 0) is 12.2 Å². The third-order valence-corrected chi connectivity index (χ3v) is 7.34. The first kappa shape index (κ1) is 16.2. The highest BCUT2D eigenvalue weighted by Gasteiger charge is 2.26. The molecule has 6 heteroatoms. The number of para-hydroxylation sites is 1. The number of hydrogen-bond donors (Lipinski definition) is 1. The van der Waals surface area contributed by atoms with Crippen molar-refractivity contribution in [3.63, 3.8) is 0 Å². The van der Waals surface area contributed by atoms with Gasteiger partial charge in [-0.15, -0.1) is 11.3 Å². The molecule has 1 aliphatic heterocycles.